The number of nitrogens with one attached hydrogen (secondary N) is 1. The summed E-state index contributed by atoms with van der Waals surface area (Å²) >= 11 is 0. The molecule has 1 aliphatic carbocycles. The van der Waals surface area contributed by atoms with E-state index in [-0.39, 0.29) is 47.7 Å². The first-order chi connectivity index (χ1) is 33.8. The Morgan fingerprint density at radius 1 is 0.929 bits per heavy atom. The van der Waals surface area contributed by atoms with E-state index in [9.17, 15) is 19.5 Å². The molecule has 7 heterocycles. The smallest absolute Gasteiger partial charge is 0.319 e. The Morgan fingerprint density at radius 3 is 2.49 bits per heavy atom. The molecule has 4 saturated heterocycles. The molecule has 5 fully saturated rings. The van der Waals surface area contributed by atoms with Crippen molar-refractivity contribution in [2.24, 2.45) is 5.41 Å². The van der Waals surface area contributed by atoms with Gasteiger partial charge in [-0.3, -0.25) is 34.5 Å². The summed E-state index contributed by atoms with van der Waals surface area (Å²) in [5, 5.41) is 15.1. The van der Waals surface area contributed by atoms with Gasteiger partial charge in [0.05, 0.1) is 17.6 Å². The molecule has 11 rings (SSSR count). The number of piperidine rings is 2. The largest absolute Gasteiger partial charge is 0.468 e. The fraction of sp³-hybridized carbons (Fsp3) is 0.500. The summed E-state index contributed by atoms with van der Waals surface area (Å²) in [6, 6.07) is 12.3. The zero-order valence-corrected chi connectivity index (χ0v) is 39.9. The number of carbonyl (C=O) groups is 3. The summed E-state index contributed by atoms with van der Waals surface area (Å²) in [5.74, 6) is -1.08. The van der Waals surface area contributed by atoms with Gasteiger partial charge in [0.15, 0.2) is 12.6 Å². The number of β-amino-alcohol motifs (C(OH)–C–C–N with tert-alkyl or cyclic N) is 1. The van der Waals surface area contributed by atoms with Crippen molar-refractivity contribution in [2.75, 3.05) is 89.2 Å². The van der Waals surface area contributed by atoms with Crippen LogP contribution < -0.4 is 24.6 Å². The third-order valence-corrected chi connectivity index (χ3v) is 15.4. The Kier molecular flexibility index (Phi) is 12.1. The molecule has 70 heavy (non-hydrogen) atoms. The number of aromatic nitrogens is 3. The summed E-state index contributed by atoms with van der Waals surface area (Å²) in [5.41, 5.74) is 2.39. The molecule has 2 atom stereocenters. The number of benzene rings is 3. The number of aliphatic hydroxyl groups is 1. The summed E-state index contributed by atoms with van der Waals surface area (Å²) in [7, 11) is 1.51. The molecule has 0 unspecified atom stereocenters. The van der Waals surface area contributed by atoms with E-state index in [1.165, 1.54) is 13.2 Å². The molecule has 3 aromatic carbocycles. The van der Waals surface area contributed by atoms with Gasteiger partial charge in [0.2, 0.25) is 11.8 Å². The first kappa shape index (κ1) is 46.3. The van der Waals surface area contributed by atoms with E-state index >= 15 is 8.78 Å². The Balaban J connectivity index is 0.765. The number of ether oxygens (including phenoxy) is 3. The molecular weight excluding hydrogens is 901 g/mol. The van der Waals surface area contributed by atoms with Crippen LogP contribution in [0.15, 0.2) is 48.7 Å². The molecule has 368 valence electrons. The maximum atomic E-state index is 17.4. The van der Waals surface area contributed by atoms with Crippen molar-refractivity contribution >= 4 is 50.9 Å². The minimum absolute atomic E-state index is 0.00432. The van der Waals surface area contributed by atoms with Crippen LogP contribution in [-0.2, 0) is 27.3 Å². The van der Waals surface area contributed by atoms with E-state index in [0.29, 0.717) is 96.0 Å². The van der Waals surface area contributed by atoms with Crippen molar-refractivity contribution in [2.45, 2.75) is 83.0 Å². The van der Waals surface area contributed by atoms with E-state index in [0.717, 1.165) is 76.3 Å². The molecule has 2 aromatic heterocycles. The summed E-state index contributed by atoms with van der Waals surface area (Å²) in [6.45, 7) is 11.6. The highest BCUT2D eigenvalue weighted by Gasteiger charge is 2.48. The number of fused-ring (bicyclic) bond motifs is 3. The Hall–Kier alpha value is -6.08. The number of nitrogens with zero attached hydrogens (tertiary/aromatic N) is 8. The fourth-order valence-corrected chi connectivity index (χ4v) is 11.4. The maximum absolute atomic E-state index is 17.4. The predicted molar refractivity (Wildman–Crippen MR) is 258 cm³/mol. The monoisotopic (exact) mass is 959 g/mol. The number of hydrogen-bond donors (Lipinski definition) is 2. The van der Waals surface area contributed by atoms with Gasteiger partial charge in [-0.2, -0.15) is 9.97 Å². The van der Waals surface area contributed by atoms with Crippen molar-refractivity contribution in [3.63, 3.8) is 0 Å². The molecule has 0 spiro atoms. The van der Waals surface area contributed by atoms with Crippen LogP contribution in [0, 0.1) is 17.0 Å². The summed E-state index contributed by atoms with van der Waals surface area (Å²) in [4.78, 5) is 62.8. The molecule has 5 aliphatic heterocycles. The van der Waals surface area contributed by atoms with Gasteiger partial charge < -0.3 is 34.0 Å². The second-order valence-corrected chi connectivity index (χ2v) is 20.4. The number of halogens is 2. The number of imide groups is 1. The molecular formula is C52H59F2N9O7. The molecule has 6 aliphatic rings. The molecule has 0 bridgehead atoms. The van der Waals surface area contributed by atoms with Crippen LogP contribution in [0.2, 0.25) is 0 Å². The highest BCUT2D eigenvalue weighted by molar-refractivity contribution is 6.06. The van der Waals surface area contributed by atoms with Crippen molar-refractivity contribution in [1.29, 1.82) is 0 Å². The lowest BCUT2D eigenvalue weighted by molar-refractivity contribution is -0.136. The Morgan fingerprint density at radius 2 is 1.74 bits per heavy atom. The normalized spacial score (nSPS) is 23.0. The van der Waals surface area contributed by atoms with Crippen molar-refractivity contribution in [1.82, 2.24) is 35.0 Å². The fourth-order valence-electron chi connectivity index (χ4n) is 11.4. The second kappa shape index (κ2) is 18.3. The lowest BCUT2D eigenvalue weighted by Crippen LogP contribution is -2.63. The summed E-state index contributed by atoms with van der Waals surface area (Å²) in [6.07, 6.45) is 5.84. The Labute approximate surface area is 404 Å². The Bertz CT molecular complexity index is 2900. The maximum Gasteiger partial charge on any atom is 0.319 e. The molecule has 3 amide bonds. The number of rotatable bonds is 14. The van der Waals surface area contributed by atoms with Gasteiger partial charge in [-0.15, -0.1) is 0 Å². The van der Waals surface area contributed by atoms with Crippen LogP contribution >= 0.6 is 0 Å². The molecule has 16 nitrogen and oxygen atoms in total. The molecule has 5 aromatic rings. The lowest BCUT2D eigenvalue weighted by atomic mass is 9.94. The van der Waals surface area contributed by atoms with Crippen molar-refractivity contribution in [3.8, 4) is 23.0 Å². The molecule has 1 saturated carbocycles. The molecule has 2 N–H and O–H groups in total. The standard InChI is InChI=1S/C52H59F2N9O7/c1-4-36-40(53)9-6-31-21-35(70-30-68-3)22-38(43(31)36)45-44(54)46-39(23-55-45)47(62-15-5-12-51(2,67)27-62)58-50(57-46)69-29-52(13-14-52)28-59-25-34(26-59)61-18-16-60(17-19-61)33-7-8-37-32(20-33)24-63(49(37)66)41-10-11-42(64)56-48(41)65/h6-9,20-23,34,41,67H,4-5,10-19,24-30H2,1-3H3,(H,56,64,65)/t41-,51+/m0/s1. The zero-order chi connectivity index (χ0) is 48.5. The van der Waals surface area contributed by atoms with Crippen LogP contribution in [-0.4, -0.2) is 150 Å². The number of hydrogen-bond acceptors (Lipinski definition) is 14. The summed E-state index contributed by atoms with van der Waals surface area (Å²) < 4.78 is 50.2. The lowest BCUT2D eigenvalue weighted by Gasteiger charge is -2.49. The van der Waals surface area contributed by atoms with Crippen molar-refractivity contribution in [3.05, 3.63) is 77.0 Å². The van der Waals surface area contributed by atoms with Gasteiger partial charge in [-0.25, -0.2) is 8.78 Å². The number of likely N-dealkylation sites (tertiary alicyclic amines) is 1. The number of anilines is 2. The first-order valence-corrected chi connectivity index (χ1v) is 24.6. The van der Waals surface area contributed by atoms with E-state index in [4.69, 9.17) is 24.2 Å². The second-order valence-electron chi connectivity index (χ2n) is 20.4. The highest BCUT2D eigenvalue weighted by Crippen LogP contribution is 2.48. The average molecular weight is 960 g/mol. The van der Waals surface area contributed by atoms with E-state index in [1.54, 1.807) is 36.2 Å². The van der Waals surface area contributed by atoms with E-state index < -0.39 is 29.2 Å². The van der Waals surface area contributed by atoms with Crippen LogP contribution in [0.25, 0.3) is 32.9 Å². The van der Waals surface area contributed by atoms with E-state index in [2.05, 4.69) is 31.1 Å². The zero-order valence-electron chi connectivity index (χ0n) is 39.9. The number of carbonyl (C=O) groups excluding carboxylic acids is 3. The van der Waals surface area contributed by atoms with Gasteiger partial charge in [0.25, 0.3) is 5.91 Å². The SMILES string of the molecule is CCc1c(F)ccc2cc(OCOC)cc(-c3ncc4c(N5CCC[C@@](C)(O)C5)nc(OCC5(CN6CC(N7CCN(c8ccc9c(c8)CN([C@H]8CCC(=O)NC8=O)C9=O)CC7)C6)CC5)nc4c3F)c12. The van der Waals surface area contributed by atoms with E-state index in [1.807, 2.05) is 24.0 Å². The topological polar surface area (TPSA) is 166 Å². The minimum atomic E-state index is -0.971. The van der Waals surface area contributed by atoms with Crippen LogP contribution in [0.5, 0.6) is 11.8 Å². The number of aryl methyl sites for hydroxylation is 1. The van der Waals surface area contributed by atoms with Crippen LogP contribution in [0.4, 0.5) is 20.3 Å². The predicted octanol–water partition coefficient (Wildman–Crippen LogP) is 5.45. The van der Waals surface area contributed by atoms with Gasteiger partial charge in [0, 0.05) is 113 Å². The quantitative estimate of drug-likeness (QED) is 0.107. The number of piperazine rings is 1. The van der Waals surface area contributed by atoms with Gasteiger partial charge in [-0.05, 0) is 104 Å². The third kappa shape index (κ3) is 8.76. The third-order valence-electron chi connectivity index (χ3n) is 15.4. The number of methoxy groups -OCH3 is 1. The minimum Gasteiger partial charge on any atom is -0.468 e. The first-order valence-electron chi connectivity index (χ1n) is 24.6. The van der Waals surface area contributed by atoms with Crippen LogP contribution in [0.1, 0.15) is 73.9 Å². The number of amides is 3. The average Bonchev–Trinajstić information content (AvgIpc) is 4.04. The molecule has 0 radical (unpaired) electrons. The van der Waals surface area contributed by atoms with Gasteiger partial charge in [0.1, 0.15) is 34.6 Å². The number of pyridine rings is 1. The molecule has 18 heteroatoms. The van der Waals surface area contributed by atoms with Gasteiger partial charge in [-0.1, -0.05) is 13.0 Å². The highest BCUT2D eigenvalue weighted by atomic mass is 19.1. The van der Waals surface area contributed by atoms with Gasteiger partial charge >= 0.3 is 6.01 Å². The van der Waals surface area contributed by atoms with Crippen LogP contribution in [0.3, 0.4) is 0 Å². The van der Waals surface area contributed by atoms with Crippen molar-refractivity contribution < 1.29 is 42.5 Å².